The maximum absolute atomic E-state index is 14.0. The zero-order chi connectivity index (χ0) is 23.0. The Morgan fingerprint density at radius 1 is 0.857 bits per heavy atom. The van der Waals surface area contributed by atoms with E-state index in [2.05, 4.69) is 0 Å². The number of hydrogen-bond donors (Lipinski definition) is 0. The first-order chi connectivity index (χ1) is 12.3. The third kappa shape index (κ3) is 3.88. The molecule has 6 nitrogen and oxygen atoms in total. The number of sulfonamides is 1. The highest BCUT2D eigenvalue weighted by Gasteiger charge is 2.86. The number of halogens is 9. The molecule has 0 spiro atoms. The second-order valence-corrected chi connectivity index (χ2v) is 10.5. The maximum Gasteiger partial charge on any atom is 0.519 e. The van der Waals surface area contributed by atoms with Gasteiger partial charge >= 0.3 is 32.1 Å². The third-order valence-corrected chi connectivity index (χ3v) is 9.33. The summed E-state index contributed by atoms with van der Waals surface area (Å²) in [7, 11) is -7.98. The monoisotopic (exact) mass is 475 g/mol. The van der Waals surface area contributed by atoms with Crippen molar-refractivity contribution in [1.82, 2.24) is 4.31 Å². The highest BCUT2D eigenvalue weighted by Crippen LogP contribution is 2.55. The molecule has 0 fully saturated rings. The van der Waals surface area contributed by atoms with E-state index in [1.165, 1.54) is 0 Å². The fourth-order valence-electron chi connectivity index (χ4n) is 2.26. The fraction of sp³-hybridized carbons (Fsp3) is 1.00. The van der Waals surface area contributed by atoms with Crippen molar-refractivity contribution in [2.45, 2.75) is 42.3 Å². The van der Waals surface area contributed by atoms with Gasteiger partial charge in [-0.2, -0.15) is 43.8 Å². The molecule has 17 heteroatoms. The fourth-order valence-corrected chi connectivity index (χ4v) is 6.62. The number of alkyl halides is 9. The van der Waals surface area contributed by atoms with E-state index in [9.17, 15) is 47.9 Å². The Morgan fingerprint density at radius 3 is 1.46 bits per heavy atom. The molecule has 0 amide bonds. The van der Waals surface area contributed by atoms with Gasteiger partial charge in [-0.1, -0.05) is 6.92 Å². The standard InChI is InChI=1S/C11H18F9NO5SSi/c1-6-7(28(24-3,25-4)26-5)21(2)27(22,23)11(19,20)9(14,15)8(12,13)10(16,17)18/h7H,6H2,1-5H3. The normalized spacial score (nSPS) is 16.5. The molecule has 0 aliphatic rings. The molecule has 0 aromatic rings. The molecule has 0 aromatic heterocycles. The van der Waals surface area contributed by atoms with Crippen molar-refractivity contribution >= 4 is 18.8 Å². The lowest BCUT2D eigenvalue weighted by Gasteiger charge is -2.40. The van der Waals surface area contributed by atoms with Gasteiger partial charge in [-0.25, -0.2) is 8.42 Å². The number of hydrogen-bond acceptors (Lipinski definition) is 5. The van der Waals surface area contributed by atoms with Crippen molar-refractivity contribution in [2.24, 2.45) is 0 Å². The first-order valence-electron chi connectivity index (χ1n) is 7.12. The third-order valence-electron chi connectivity index (χ3n) is 3.91. The average molecular weight is 475 g/mol. The van der Waals surface area contributed by atoms with Crippen molar-refractivity contribution in [3.8, 4) is 0 Å². The molecule has 0 bridgehead atoms. The van der Waals surface area contributed by atoms with Gasteiger partial charge in [0.05, 0.1) is 5.67 Å². The highest BCUT2D eigenvalue weighted by atomic mass is 32.2. The lowest BCUT2D eigenvalue weighted by Crippen LogP contribution is -2.68. The van der Waals surface area contributed by atoms with E-state index in [4.69, 9.17) is 13.3 Å². The summed E-state index contributed by atoms with van der Waals surface area (Å²) in [5.41, 5.74) is -1.85. The minimum Gasteiger partial charge on any atom is -0.376 e. The minimum atomic E-state index is -7.35. The Bertz CT molecular complexity index is 631. The summed E-state index contributed by atoms with van der Waals surface area (Å²) in [4.78, 5) is 0. The van der Waals surface area contributed by atoms with Crippen LogP contribution in [0.1, 0.15) is 13.3 Å². The molecule has 0 rings (SSSR count). The molecule has 0 aliphatic heterocycles. The van der Waals surface area contributed by atoms with E-state index >= 15 is 0 Å². The summed E-state index contributed by atoms with van der Waals surface area (Å²) in [6.45, 7) is 1.16. The van der Waals surface area contributed by atoms with Crippen molar-refractivity contribution < 1.29 is 61.2 Å². The second kappa shape index (κ2) is 8.25. The van der Waals surface area contributed by atoms with Gasteiger partial charge in [0.1, 0.15) is 0 Å². The summed E-state index contributed by atoms with van der Waals surface area (Å²) in [6, 6.07) is 0. The van der Waals surface area contributed by atoms with Crippen LogP contribution in [-0.2, 0) is 23.3 Å². The van der Waals surface area contributed by atoms with Crippen LogP contribution in [0.3, 0.4) is 0 Å². The summed E-state index contributed by atoms with van der Waals surface area (Å²) in [5, 5.41) is -6.85. The summed E-state index contributed by atoms with van der Waals surface area (Å²) in [6.07, 6.45) is -7.61. The molecule has 28 heavy (non-hydrogen) atoms. The molecule has 170 valence electrons. The largest absolute Gasteiger partial charge is 0.519 e. The average Bonchev–Trinajstić information content (AvgIpc) is 2.57. The Balaban J connectivity index is 6.49. The molecule has 0 heterocycles. The molecule has 0 N–H and O–H groups in total. The van der Waals surface area contributed by atoms with Crippen LogP contribution in [0.4, 0.5) is 39.5 Å². The van der Waals surface area contributed by atoms with Crippen LogP contribution in [0.5, 0.6) is 0 Å². The van der Waals surface area contributed by atoms with E-state index in [1.807, 2.05) is 0 Å². The summed E-state index contributed by atoms with van der Waals surface area (Å²) in [5.74, 6) is -14.7. The summed E-state index contributed by atoms with van der Waals surface area (Å²) < 4.78 is 156. The lowest BCUT2D eigenvalue weighted by atomic mass is 10.1. The highest BCUT2D eigenvalue weighted by molar-refractivity contribution is 7.90. The molecule has 0 saturated carbocycles. The topological polar surface area (TPSA) is 65.1 Å². The first kappa shape index (κ1) is 27.4. The number of nitrogens with zero attached hydrogens (tertiary/aromatic N) is 1. The van der Waals surface area contributed by atoms with E-state index in [1.54, 1.807) is 0 Å². The predicted molar refractivity (Wildman–Crippen MR) is 78.4 cm³/mol. The van der Waals surface area contributed by atoms with Crippen LogP contribution in [0.2, 0.25) is 0 Å². The zero-order valence-corrected chi connectivity index (χ0v) is 16.9. The maximum atomic E-state index is 14.0. The molecular formula is C11H18F9NO5SSi. The summed E-state index contributed by atoms with van der Waals surface area (Å²) >= 11 is 0. The molecule has 0 saturated heterocycles. The van der Waals surface area contributed by atoms with Gasteiger partial charge in [0, 0.05) is 28.4 Å². The van der Waals surface area contributed by atoms with Gasteiger partial charge in [0.25, 0.3) is 10.0 Å². The molecular weight excluding hydrogens is 457 g/mol. The van der Waals surface area contributed by atoms with Gasteiger partial charge in [0.2, 0.25) is 0 Å². The number of rotatable bonds is 10. The molecule has 0 radical (unpaired) electrons. The van der Waals surface area contributed by atoms with Gasteiger partial charge in [-0.05, 0) is 6.42 Å². The zero-order valence-electron chi connectivity index (χ0n) is 15.1. The van der Waals surface area contributed by atoms with Crippen LogP contribution in [0, 0.1) is 0 Å². The van der Waals surface area contributed by atoms with Crippen LogP contribution in [-0.4, -0.2) is 78.8 Å². The Kier molecular flexibility index (Phi) is 8.07. The van der Waals surface area contributed by atoms with Crippen molar-refractivity contribution in [2.75, 3.05) is 28.4 Å². The minimum absolute atomic E-state index is 0.276. The van der Waals surface area contributed by atoms with E-state index < -0.39 is 58.5 Å². The Hall–Kier alpha value is -0.623. The predicted octanol–water partition coefficient (Wildman–Crippen LogP) is 2.87. The van der Waals surface area contributed by atoms with Crippen LogP contribution in [0.15, 0.2) is 0 Å². The van der Waals surface area contributed by atoms with E-state index in [0.717, 1.165) is 28.3 Å². The van der Waals surface area contributed by atoms with Gasteiger partial charge in [0.15, 0.2) is 0 Å². The molecule has 1 atom stereocenters. The van der Waals surface area contributed by atoms with E-state index in [0.29, 0.717) is 0 Å². The lowest BCUT2D eigenvalue weighted by molar-refractivity contribution is -0.382. The van der Waals surface area contributed by atoms with Crippen LogP contribution >= 0.6 is 0 Å². The molecule has 1 unspecified atom stereocenters. The first-order valence-corrected chi connectivity index (χ1v) is 10.4. The molecule has 0 aliphatic carbocycles. The van der Waals surface area contributed by atoms with Crippen molar-refractivity contribution in [1.29, 1.82) is 0 Å². The van der Waals surface area contributed by atoms with Crippen LogP contribution in [0.25, 0.3) is 0 Å². The van der Waals surface area contributed by atoms with Crippen LogP contribution < -0.4 is 0 Å². The SMILES string of the molecule is CCC(N(C)S(=O)(=O)C(F)(F)C(F)(F)C(F)(F)C(F)(F)F)[Si](OC)(OC)OC. The van der Waals surface area contributed by atoms with Crippen molar-refractivity contribution in [3.05, 3.63) is 0 Å². The molecule has 0 aromatic carbocycles. The Morgan fingerprint density at radius 2 is 1.21 bits per heavy atom. The van der Waals surface area contributed by atoms with Gasteiger partial charge in [-0.15, -0.1) is 0 Å². The van der Waals surface area contributed by atoms with Gasteiger partial charge < -0.3 is 13.3 Å². The van der Waals surface area contributed by atoms with E-state index in [-0.39, 0.29) is 7.05 Å². The Labute approximate surface area is 155 Å². The van der Waals surface area contributed by atoms with Crippen molar-refractivity contribution in [3.63, 3.8) is 0 Å². The second-order valence-electron chi connectivity index (χ2n) is 5.32. The van der Waals surface area contributed by atoms with Gasteiger partial charge in [-0.3, -0.25) is 0 Å². The quantitative estimate of drug-likeness (QED) is 0.359. The smallest absolute Gasteiger partial charge is 0.376 e.